The zero-order valence-corrected chi connectivity index (χ0v) is 12.0. The Morgan fingerprint density at radius 2 is 1.94 bits per heavy atom. The van der Waals surface area contributed by atoms with Crippen molar-refractivity contribution in [1.29, 1.82) is 0 Å². The van der Waals surface area contributed by atoms with Crippen molar-refractivity contribution < 1.29 is 4.39 Å². The number of nitrogens with one attached hydrogen (secondary N) is 1. The van der Waals surface area contributed by atoms with Gasteiger partial charge in [0.1, 0.15) is 5.82 Å². The van der Waals surface area contributed by atoms with Gasteiger partial charge in [-0.25, -0.2) is 4.39 Å². The Morgan fingerprint density at radius 1 is 1.17 bits per heavy atom. The highest BCUT2D eigenvalue weighted by molar-refractivity contribution is 9.10. The smallest absolute Gasteiger partial charge is 0.128 e. The molecule has 0 fully saturated rings. The fourth-order valence-electron chi connectivity index (χ4n) is 2.07. The van der Waals surface area contributed by atoms with E-state index in [2.05, 4.69) is 21.2 Å². The lowest BCUT2D eigenvalue weighted by atomic mass is 9.97. The average molecular weight is 308 g/mol. The molecule has 0 heterocycles. The van der Waals surface area contributed by atoms with Crippen molar-refractivity contribution in [2.45, 2.75) is 13.0 Å². The van der Waals surface area contributed by atoms with Crippen LogP contribution in [0.15, 0.2) is 46.9 Å². The van der Waals surface area contributed by atoms with Crippen LogP contribution in [-0.4, -0.2) is 7.05 Å². The van der Waals surface area contributed by atoms with E-state index in [1.165, 1.54) is 6.07 Å². The molecule has 0 amide bonds. The van der Waals surface area contributed by atoms with E-state index in [1.807, 2.05) is 44.3 Å². The largest absolute Gasteiger partial charge is 0.309 e. The third kappa shape index (κ3) is 2.79. The van der Waals surface area contributed by atoms with E-state index in [9.17, 15) is 4.39 Å². The summed E-state index contributed by atoms with van der Waals surface area (Å²) in [7, 11) is 1.84. The van der Waals surface area contributed by atoms with Gasteiger partial charge in [-0.05, 0) is 37.7 Å². The summed E-state index contributed by atoms with van der Waals surface area (Å²) < 4.78 is 14.9. The van der Waals surface area contributed by atoms with Gasteiger partial charge in [-0.2, -0.15) is 0 Å². The molecule has 0 saturated carbocycles. The molecule has 2 aromatic rings. The topological polar surface area (TPSA) is 12.0 Å². The predicted molar refractivity (Wildman–Crippen MR) is 76.2 cm³/mol. The Balaban J connectivity index is 2.48. The lowest BCUT2D eigenvalue weighted by Crippen LogP contribution is -2.19. The molecule has 1 unspecified atom stereocenters. The van der Waals surface area contributed by atoms with Crippen molar-refractivity contribution in [2.75, 3.05) is 7.05 Å². The van der Waals surface area contributed by atoms with Crippen LogP contribution < -0.4 is 5.32 Å². The quantitative estimate of drug-likeness (QED) is 0.896. The Bertz CT molecular complexity index is 554. The molecule has 0 spiro atoms. The summed E-state index contributed by atoms with van der Waals surface area (Å²) in [6.45, 7) is 1.97. The minimum Gasteiger partial charge on any atom is -0.309 e. The van der Waals surface area contributed by atoms with Crippen LogP contribution in [0.1, 0.15) is 22.7 Å². The molecule has 0 saturated heterocycles. The van der Waals surface area contributed by atoms with Crippen molar-refractivity contribution in [3.05, 3.63) is 69.4 Å². The van der Waals surface area contributed by atoms with Crippen LogP contribution in [0.2, 0.25) is 0 Å². The maximum atomic E-state index is 13.9. The van der Waals surface area contributed by atoms with Crippen LogP contribution in [0.25, 0.3) is 0 Å². The third-order valence-electron chi connectivity index (χ3n) is 2.93. The van der Waals surface area contributed by atoms with Crippen LogP contribution in [-0.2, 0) is 0 Å². The first-order valence-corrected chi connectivity index (χ1v) is 6.60. The van der Waals surface area contributed by atoms with Crippen LogP contribution in [0.5, 0.6) is 0 Å². The Kier molecular flexibility index (Phi) is 4.15. The Labute approximate surface area is 115 Å². The Morgan fingerprint density at radius 3 is 2.61 bits per heavy atom. The molecule has 3 heteroatoms. The van der Waals surface area contributed by atoms with E-state index in [4.69, 9.17) is 0 Å². The van der Waals surface area contributed by atoms with Gasteiger partial charge in [-0.15, -0.1) is 0 Å². The molecule has 94 valence electrons. The van der Waals surface area contributed by atoms with Gasteiger partial charge in [0, 0.05) is 10.0 Å². The van der Waals surface area contributed by atoms with E-state index in [-0.39, 0.29) is 11.9 Å². The van der Waals surface area contributed by atoms with Gasteiger partial charge >= 0.3 is 0 Å². The number of hydrogen-bond acceptors (Lipinski definition) is 1. The van der Waals surface area contributed by atoms with Gasteiger partial charge in [-0.3, -0.25) is 0 Å². The minimum atomic E-state index is -0.181. The number of hydrogen-bond donors (Lipinski definition) is 1. The molecule has 1 atom stereocenters. The van der Waals surface area contributed by atoms with Gasteiger partial charge in [0.25, 0.3) is 0 Å². The molecule has 1 N–H and O–H groups in total. The molecule has 1 nitrogen and oxygen atoms in total. The summed E-state index contributed by atoms with van der Waals surface area (Å²) in [5.41, 5.74) is 2.77. The van der Waals surface area contributed by atoms with E-state index >= 15 is 0 Å². The zero-order valence-electron chi connectivity index (χ0n) is 10.4. The Hall–Kier alpha value is -1.19. The SMILES string of the molecule is CNC(c1cccc(Br)c1)c1cc(C)ccc1F. The van der Waals surface area contributed by atoms with Gasteiger partial charge in [0.15, 0.2) is 0 Å². The molecule has 0 radical (unpaired) electrons. The maximum Gasteiger partial charge on any atom is 0.128 e. The number of benzene rings is 2. The summed E-state index contributed by atoms with van der Waals surface area (Å²) in [6, 6.07) is 13.0. The molecule has 0 bridgehead atoms. The van der Waals surface area contributed by atoms with Crippen LogP contribution in [0, 0.1) is 12.7 Å². The highest BCUT2D eigenvalue weighted by Crippen LogP contribution is 2.26. The lowest BCUT2D eigenvalue weighted by Gasteiger charge is -2.18. The van der Waals surface area contributed by atoms with Gasteiger partial charge in [-0.1, -0.05) is 45.8 Å². The molecule has 0 aliphatic rings. The first-order chi connectivity index (χ1) is 8.61. The summed E-state index contributed by atoms with van der Waals surface area (Å²) in [4.78, 5) is 0. The number of aryl methyl sites for hydroxylation is 1. The second-order valence-corrected chi connectivity index (χ2v) is 5.22. The van der Waals surface area contributed by atoms with Gasteiger partial charge in [0.2, 0.25) is 0 Å². The molecule has 0 aromatic heterocycles. The fraction of sp³-hybridized carbons (Fsp3) is 0.200. The monoisotopic (exact) mass is 307 g/mol. The summed E-state index contributed by atoms with van der Waals surface area (Å²) in [6.07, 6.45) is 0. The minimum absolute atomic E-state index is 0.137. The standard InChI is InChI=1S/C15H15BrFN/c1-10-6-7-14(17)13(8-10)15(18-2)11-4-3-5-12(16)9-11/h3-9,15,18H,1-2H3. The summed E-state index contributed by atoms with van der Waals surface area (Å²) in [5.74, 6) is -0.181. The van der Waals surface area contributed by atoms with Crippen molar-refractivity contribution in [3.8, 4) is 0 Å². The lowest BCUT2D eigenvalue weighted by molar-refractivity contribution is 0.575. The van der Waals surface area contributed by atoms with Crippen molar-refractivity contribution >= 4 is 15.9 Å². The number of halogens is 2. The normalized spacial score (nSPS) is 12.4. The van der Waals surface area contributed by atoms with Gasteiger partial charge in [0.05, 0.1) is 6.04 Å². The van der Waals surface area contributed by atoms with Gasteiger partial charge < -0.3 is 5.32 Å². The first-order valence-electron chi connectivity index (χ1n) is 5.80. The number of rotatable bonds is 3. The molecule has 0 aliphatic heterocycles. The average Bonchev–Trinajstić information content (AvgIpc) is 2.35. The molecule has 2 rings (SSSR count). The van der Waals surface area contributed by atoms with Crippen molar-refractivity contribution in [3.63, 3.8) is 0 Å². The zero-order chi connectivity index (χ0) is 13.1. The first kappa shape index (κ1) is 13.2. The molecule has 2 aromatic carbocycles. The summed E-state index contributed by atoms with van der Waals surface area (Å²) >= 11 is 3.44. The second kappa shape index (κ2) is 5.63. The van der Waals surface area contributed by atoms with Crippen LogP contribution in [0.3, 0.4) is 0 Å². The third-order valence-corrected chi connectivity index (χ3v) is 3.43. The highest BCUT2D eigenvalue weighted by Gasteiger charge is 2.16. The summed E-state index contributed by atoms with van der Waals surface area (Å²) in [5, 5.41) is 3.17. The van der Waals surface area contributed by atoms with Crippen molar-refractivity contribution in [2.24, 2.45) is 0 Å². The van der Waals surface area contributed by atoms with E-state index in [0.717, 1.165) is 15.6 Å². The van der Waals surface area contributed by atoms with Crippen LogP contribution >= 0.6 is 15.9 Å². The molecule has 18 heavy (non-hydrogen) atoms. The van der Waals surface area contributed by atoms with E-state index in [0.29, 0.717) is 5.56 Å². The highest BCUT2D eigenvalue weighted by atomic mass is 79.9. The fourth-order valence-corrected chi connectivity index (χ4v) is 2.49. The molecular weight excluding hydrogens is 293 g/mol. The predicted octanol–water partition coefficient (Wildman–Crippen LogP) is 4.21. The maximum absolute atomic E-state index is 13.9. The van der Waals surface area contributed by atoms with E-state index < -0.39 is 0 Å². The molecular formula is C15H15BrFN. The molecule has 0 aliphatic carbocycles. The van der Waals surface area contributed by atoms with Crippen LogP contribution in [0.4, 0.5) is 4.39 Å². The van der Waals surface area contributed by atoms with Crippen molar-refractivity contribution in [1.82, 2.24) is 5.32 Å². The van der Waals surface area contributed by atoms with E-state index in [1.54, 1.807) is 6.07 Å². The second-order valence-electron chi connectivity index (χ2n) is 4.30.